The third kappa shape index (κ3) is 3.87. The molecule has 1 aliphatic carbocycles. The number of ether oxygens (including phenoxy) is 1. The van der Waals surface area contributed by atoms with Crippen LogP contribution in [0, 0.1) is 13.8 Å². The number of nitrogens with zero attached hydrogens (tertiary/aromatic N) is 2. The SMILES string of the molecule is Cc1ccc2c(c1)CCC(N1CCN(CCc3ccc4c(c3C)COC4=O)CC1=O)C2. The minimum Gasteiger partial charge on any atom is -0.457 e. The number of hydrogen-bond acceptors (Lipinski definition) is 4. The number of carbonyl (C=O) groups excluding carboxylic acids is 2. The lowest BCUT2D eigenvalue weighted by Gasteiger charge is -2.41. The van der Waals surface area contributed by atoms with E-state index < -0.39 is 0 Å². The van der Waals surface area contributed by atoms with Gasteiger partial charge in [-0.2, -0.15) is 0 Å². The number of amides is 1. The van der Waals surface area contributed by atoms with Crippen LogP contribution in [0.25, 0.3) is 0 Å². The van der Waals surface area contributed by atoms with E-state index in [2.05, 4.69) is 41.8 Å². The molecule has 0 saturated carbocycles. The fourth-order valence-corrected chi connectivity index (χ4v) is 5.39. The maximum absolute atomic E-state index is 13.0. The number of piperazine rings is 1. The molecule has 5 rings (SSSR count). The van der Waals surface area contributed by atoms with Gasteiger partial charge in [0.05, 0.1) is 12.1 Å². The van der Waals surface area contributed by atoms with Crippen LogP contribution in [0.15, 0.2) is 30.3 Å². The Labute approximate surface area is 184 Å². The van der Waals surface area contributed by atoms with Gasteiger partial charge in [0.1, 0.15) is 6.61 Å². The van der Waals surface area contributed by atoms with E-state index in [1.807, 2.05) is 12.1 Å². The van der Waals surface area contributed by atoms with Crippen molar-refractivity contribution in [2.24, 2.45) is 0 Å². The fraction of sp³-hybridized carbons (Fsp3) is 0.462. The average Bonchev–Trinajstić information content (AvgIpc) is 3.14. The summed E-state index contributed by atoms with van der Waals surface area (Å²) in [7, 11) is 0. The maximum Gasteiger partial charge on any atom is 0.338 e. The zero-order chi connectivity index (χ0) is 21.5. The zero-order valence-corrected chi connectivity index (χ0v) is 18.4. The molecule has 162 valence electrons. The Morgan fingerprint density at radius 2 is 1.94 bits per heavy atom. The first-order chi connectivity index (χ1) is 15.0. The summed E-state index contributed by atoms with van der Waals surface area (Å²) in [5.41, 5.74) is 8.31. The molecule has 2 aromatic carbocycles. The second-order valence-electron chi connectivity index (χ2n) is 9.23. The molecule has 5 nitrogen and oxygen atoms in total. The van der Waals surface area contributed by atoms with E-state index in [1.165, 1.54) is 22.3 Å². The van der Waals surface area contributed by atoms with Crippen LogP contribution in [-0.2, 0) is 35.4 Å². The molecule has 0 radical (unpaired) electrons. The Morgan fingerprint density at radius 3 is 2.77 bits per heavy atom. The highest BCUT2D eigenvalue weighted by atomic mass is 16.5. The van der Waals surface area contributed by atoms with Gasteiger partial charge in [0.25, 0.3) is 0 Å². The first-order valence-corrected chi connectivity index (χ1v) is 11.4. The second kappa shape index (κ2) is 8.12. The summed E-state index contributed by atoms with van der Waals surface area (Å²) in [6.07, 6.45) is 4.00. The number of aryl methyl sites for hydroxylation is 2. The fourth-order valence-electron chi connectivity index (χ4n) is 5.39. The van der Waals surface area contributed by atoms with Crippen LogP contribution in [0.5, 0.6) is 0 Å². The molecule has 0 N–H and O–H groups in total. The van der Waals surface area contributed by atoms with E-state index in [0.29, 0.717) is 24.8 Å². The molecule has 2 heterocycles. The summed E-state index contributed by atoms with van der Waals surface area (Å²) >= 11 is 0. The van der Waals surface area contributed by atoms with Crippen molar-refractivity contribution in [1.29, 1.82) is 0 Å². The van der Waals surface area contributed by atoms with E-state index in [4.69, 9.17) is 4.74 Å². The van der Waals surface area contributed by atoms with Gasteiger partial charge in [0.2, 0.25) is 5.91 Å². The van der Waals surface area contributed by atoms with Crippen molar-refractivity contribution < 1.29 is 14.3 Å². The summed E-state index contributed by atoms with van der Waals surface area (Å²) < 4.78 is 5.17. The van der Waals surface area contributed by atoms with Crippen LogP contribution in [0.3, 0.4) is 0 Å². The summed E-state index contributed by atoms with van der Waals surface area (Å²) in [6.45, 7) is 7.71. The molecule has 1 saturated heterocycles. The van der Waals surface area contributed by atoms with Crippen LogP contribution in [0.4, 0.5) is 0 Å². The smallest absolute Gasteiger partial charge is 0.338 e. The van der Waals surface area contributed by atoms with Crippen molar-refractivity contribution in [2.45, 2.75) is 52.2 Å². The number of hydrogen-bond donors (Lipinski definition) is 0. The topological polar surface area (TPSA) is 49.9 Å². The number of fused-ring (bicyclic) bond motifs is 2. The average molecular weight is 419 g/mol. The quantitative estimate of drug-likeness (QED) is 0.716. The normalized spacial score (nSPS) is 21.1. The molecule has 2 aliphatic heterocycles. The van der Waals surface area contributed by atoms with Crippen molar-refractivity contribution in [3.8, 4) is 0 Å². The van der Waals surface area contributed by atoms with Crippen molar-refractivity contribution in [1.82, 2.24) is 9.80 Å². The van der Waals surface area contributed by atoms with Gasteiger partial charge in [-0.25, -0.2) is 4.79 Å². The highest BCUT2D eigenvalue weighted by Gasteiger charge is 2.32. The van der Waals surface area contributed by atoms with E-state index in [1.54, 1.807) is 0 Å². The molecule has 0 aromatic heterocycles. The Bertz CT molecular complexity index is 1050. The van der Waals surface area contributed by atoms with E-state index in [-0.39, 0.29) is 11.9 Å². The number of esters is 1. The Balaban J connectivity index is 1.18. The predicted octanol–water partition coefficient (Wildman–Crippen LogP) is 3.22. The van der Waals surface area contributed by atoms with Gasteiger partial charge >= 0.3 is 5.97 Å². The summed E-state index contributed by atoms with van der Waals surface area (Å²) in [6, 6.07) is 11.0. The minimum absolute atomic E-state index is 0.216. The van der Waals surface area contributed by atoms with Gasteiger partial charge < -0.3 is 9.64 Å². The largest absolute Gasteiger partial charge is 0.457 e. The molecule has 1 atom stereocenters. The molecule has 1 amide bonds. The number of carbonyl (C=O) groups is 2. The highest BCUT2D eigenvalue weighted by Crippen LogP contribution is 2.28. The van der Waals surface area contributed by atoms with Crippen LogP contribution in [-0.4, -0.2) is 53.9 Å². The molecule has 1 fully saturated rings. The zero-order valence-electron chi connectivity index (χ0n) is 18.4. The third-order valence-electron chi connectivity index (χ3n) is 7.32. The molecule has 2 aromatic rings. The molecule has 31 heavy (non-hydrogen) atoms. The van der Waals surface area contributed by atoms with Crippen molar-refractivity contribution in [2.75, 3.05) is 26.2 Å². The lowest BCUT2D eigenvalue weighted by molar-refractivity contribution is -0.138. The molecule has 0 bridgehead atoms. The molecule has 0 spiro atoms. The Kier molecular flexibility index (Phi) is 5.30. The van der Waals surface area contributed by atoms with Gasteiger partial charge in [0.15, 0.2) is 0 Å². The molecule has 3 aliphatic rings. The van der Waals surface area contributed by atoms with Gasteiger partial charge in [-0.1, -0.05) is 29.8 Å². The first kappa shape index (κ1) is 20.3. The van der Waals surface area contributed by atoms with Crippen molar-refractivity contribution in [3.05, 3.63) is 69.3 Å². The summed E-state index contributed by atoms with van der Waals surface area (Å²) in [5, 5.41) is 0. The summed E-state index contributed by atoms with van der Waals surface area (Å²) in [5.74, 6) is 0.0447. The van der Waals surface area contributed by atoms with Crippen LogP contribution in [0.2, 0.25) is 0 Å². The van der Waals surface area contributed by atoms with Crippen molar-refractivity contribution >= 4 is 11.9 Å². The monoisotopic (exact) mass is 418 g/mol. The second-order valence-corrected chi connectivity index (χ2v) is 9.23. The third-order valence-corrected chi connectivity index (χ3v) is 7.32. The Hall–Kier alpha value is -2.66. The molecule has 5 heteroatoms. The number of cyclic esters (lactones) is 1. The lowest BCUT2D eigenvalue weighted by Crippen LogP contribution is -2.55. The summed E-state index contributed by atoms with van der Waals surface area (Å²) in [4.78, 5) is 29.1. The van der Waals surface area contributed by atoms with E-state index in [9.17, 15) is 9.59 Å². The standard InChI is InChI=1S/C26H30N2O3/c1-17-3-4-21-14-22(7-5-20(21)13-17)28-12-11-27(15-25(28)29)10-9-19-6-8-23-24(18(19)2)16-31-26(23)30/h3-4,6,8,13,22H,5,7,9-12,14-16H2,1-2H3. The highest BCUT2D eigenvalue weighted by molar-refractivity contribution is 5.93. The Morgan fingerprint density at radius 1 is 1.06 bits per heavy atom. The molecular weight excluding hydrogens is 388 g/mol. The van der Waals surface area contributed by atoms with Crippen LogP contribution in [0.1, 0.15) is 50.2 Å². The van der Waals surface area contributed by atoms with E-state index in [0.717, 1.165) is 56.4 Å². The van der Waals surface area contributed by atoms with Gasteiger partial charge in [0, 0.05) is 31.2 Å². The van der Waals surface area contributed by atoms with Gasteiger partial charge in [-0.05, 0) is 67.9 Å². The first-order valence-electron chi connectivity index (χ1n) is 11.4. The molecular formula is C26H30N2O3. The minimum atomic E-state index is -0.216. The lowest BCUT2D eigenvalue weighted by atomic mass is 9.86. The maximum atomic E-state index is 13.0. The molecule has 1 unspecified atom stereocenters. The van der Waals surface area contributed by atoms with Crippen molar-refractivity contribution in [3.63, 3.8) is 0 Å². The van der Waals surface area contributed by atoms with E-state index >= 15 is 0 Å². The van der Waals surface area contributed by atoms with Gasteiger partial charge in [-0.3, -0.25) is 9.69 Å². The van der Waals surface area contributed by atoms with Crippen LogP contribution >= 0.6 is 0 Å². The number of rotatable bonds is 4. The predicted molar refractivity (Wildman–Crippen MR) is 119 cm³/mol. The number of benzene rings is 2. The van der Waals surface area contributed by atoms with Crippen LogP contribution < -0.4 is 0 Å². The van der Waals surface area contributed by atoms with Gasteiger partial charge in [-0.15, -0.1) is 0 Å².